The molecule has 0 atom stereocenters. The first kappa shape index (κ1) is 14.1. The van der Waals surface area contributed by atoms with Gasteiger partial charge >= 0.3 is 0 Å². The minimum absolute atomic E-state index is 0.111. The van der Waals surface area contributed by atoms with E-state index in [0.29, 0.717) is 18.1 Å². The Morgan fingerprint density at radius 3 is 2.70 bits per heavy atom. The highest BCUT2D eigenvalue weighted by Gasteiger charge is 2.20. The second kappa shape index (κ2) is 5.77. The molecule has 2 aromatic rings. The summed E-state index contributed by atoms with van der Waals surface area (Å²) in [4.78, 5) is 14.1. The summed E-state index contributed by atoms with van der Waals surface area (Å²) in [6, 6.07) is 9.28. The van der Waals surface area contributed by atoms with Crippen molar-refractivity contribution >= 4 is 11.6 Å². The van der Waals surface area contributed by atoms with Crippen molar-refractivity contribution in [3.05, 3.63) is 41.7 Å². The van der Waals surface area contributed by atoms with E-state index < -0.39 is 0 Å². The number of rotatable bonds is 4. The van der Waals surface area contributed by atoms with Crippen LogP contribution in [-0.2, 0) is 7.05 Å². The van der Waals surface area contributed by atoms with Crippen LogP contribution >= 0.6 is 0 Å². The third-order valence-corrected chi connectivity index (χ3v) is 3.05. The van der Waals surface area contributed by atoms with E-state index in [9.17, 15) is 4.79 Å². The molecule has 1 heterocycles. The lowest BCUT2D eigenvalue weighted by Crippen LogP contribution is -2.28. The Hall–Kier alpha value is -2.30. The van der Waals surface area contributed by atoms with Crippen LogP contribution in [-0.4, -0.2) is 29.3 Å². The summed E-state index contributed by atoms with van der Waals surface area (Å²) in [5.41, 5.74) is 2.12. The monoisotopic (exact) mass is 273 g/mol. The van der Waals surface area contributed by atoms with Crippen molar-refractivity contribution in [3.8, 4) is 5.75 Å². The van der Waals surface area contributed by atoms with E-state index >= 15 is 0 Å². The minimum Gasteiger partial charge on any atom is -0.492 e. The van der Waals surface area contributed by atoms with E-state index in [1.54, 1.807) is 29.7 Å². The lowest BCUT2D eigenvalue weighted by Gasteiger charge is -2.20. The zero-order chi connectivity index (χ0) is 14.7. The van der Waals surface area contributed by atoms with Crippen LogP contribution in [0.15, 0.2) is 30.3 Å². The quantitative estimate of drug-likeness (QED) is 0.859. The number of carbonyl (C=O) groups excluding carboxylic acids is 1. The Labute approximate surface area is 118 Å². The molecule has 0 aliphatic rings. The molecular formula is C15H19N3O2. The van der Waals surface area contributed by atoms with E-state index in [0.717, 1.165) is 11.4 Å². The van der Waals surface area contributed by atoms with Gasteiger partial charge in [-0.1, -0.05) is 12.1 Å². The third kappa shape index (κ3) is 2.66. The molecule has 0 aliphatic heterocycles. The standard InChI is InChI=1S/C15H19N3O2/c1-5-20-14-9-7-6-8-12(14)17(3)15(19)13-10-11(2)16-18(13)4/h6-10H,5H2,1-4H3. The van der Waals surface area contributed by atoms with Crippen LogP contribution < -0.4 is 9.64 Å². The number of benzene rings is 1. The molecule has 1 amide bonds. The number of nitrogens with zero attached hydrogens (tertiary/aromatic N) is 3. The van der Waals surface area contributed by atoms with E-state index in [1.165, 1.54) is 0 Å². The number of ether oxygens (including phenoxy) is 1. The summed E-state index contributed by atoms with van der Waals surface area (Å²) in [5, 5.41) is 4.20. The van der Waals surface area contributed by atoms with Crippen molar-refractivity contribution in [2.75, 3.05) is 18.6 Å². The average Bonchev–Trinajstić information content (AvgIpc) is 2.77. The molecule has 0 fully saturated rings. The maximum Gasteiger partial charge on any atom is 0.276 e. The van der Waals surface area contributed by atoms with Gasteiger partial charge in [-0.3, -0.25) is 9.48 Å². The van der Waals surface area contributed by atoms with Crippen LogP contribution in [0.2, 0.25) is 0 Å². The van der Waals surface area contributed by atoms with Gasteiger partial charge in [-0.05, 0) is 32.0 Å². The normalized spacial score (nSPS) is 10.4. The molecule has 2 rings (SSSR count). The Balaban J connectivity index is 2.34. The topological polar surface area (TPSA) is 47.4 Å². The molecular weight excluding hydrogens is 254 g/mol. The molecule has 5 nitrogen and oxygen atoms in total. The molecule has 0 saturated heterocycles. The molecule has 20 heavy (non-hydrogen) atoms. The first-order valence-electron chi connectivity index (χ1n) is 6.55. The predicted octanol–water partition coefficient (Wildman–Crippen LogP) is 2.40. The van der Waals surface area contributed by atoms with Crippen molar-refractivity contribution in [2.24, 2.45) is 7.05 Å². The van der Waals surface area contributed by atoms with Gasteiger partial charge in [-0.15, -0.1) is 0 Å². The van der Waals surface area contributed by atoms with Crippen LogP contribution in [0.1, 0.15) is 23.1 Å². The largest absolute Gasteiger partial charge is 0.492 e. The molecule has 0 spiro atoms. The zero-order valence-electron chi connectivity index (χ0n) is 12.3. The number of para-hydroxylation sites is 2. The van der Waals surface area contributed by atoms with E-state index in [-0.39, 0.29) is 5.91 Å². The summed E-state index contributed by atoms with van der Waals surface area (Å²) in [7, 11) is 3.51. The number of anilines is 1. The highest BCUT2D eigenvalue weighted by molar-refractivity contribution is 6.05. The second-order valence-electron chi connectivity index (χ2n) is 4.56. The third-order valence-electron chi connectivity index (χ3n) is 3.05. The summed E-state index contributed by atoms with van der Waals surface area (Å²) in [6.07, 6.45) is 0. The van der Waals surface area contributed by atoms with Crippen LogP contribution in [0.5, 0.6) is 5.75 Å². The van der Waals surface area contributed by atoms with Gasteiger partial charge in [0.05, 0.1) is 18.0 Å². The van der Waals surface area contributed by atoms with Crippen molar-refractivity contribution in [2.45, 2.75) is 13.8 Å². The highest BCUT2D eigenvalue weighted by atomic mass is 16.5. The van der Waals surface area contributed by atoms with Crippen molar-refractivity contribution in [1.82, 2.24) is 9.78 Å². The van der Waals surface area contributed by atoms with Gasteiger partial charge in [0.1, 0.15) is 11.4 Å². The lowest BCUT2D eigenvalue weighted by molar-refractivity contribution is 0.0983. The molecule has 106 valence electrons. The van der Waals surface area contributed by atoms with Gasteiger partial charge in [-0.25, -0.2) is 0 Å². The Morgan fingerprint density at radius 1 is 1.40 bits per heavy atom. The van der Waals surface area contributed by atoms with E-state index in [1.807, 2.05) is 38.1 Å². The Morgan fingerprint density at radius 2 is 2.10 bits per heavy atom. The zero-order valence-corrected chi connectivity index (χ0v) is 12.3. The summed E-state index contributed by atoms with van der Waals surface area (Å²) < 4.78 is 7.16. The molecule has 0 unspecified atom stereocenters. The molecule has 0 radical (unpaired) electrons. The average molecular weight is 273 g/mol. The molecule has 1 aromatic carbocycles. The predicted molar refractivity (Wildman–Crippen MR) is 78.3 cm³/mol. The number of hydrogen-bond donors (Lipinski definition) is 0. The number of hydrogen-bond acceptors (Lipinski definition) is 3. The Kier molecular flexibility index (Phi) is 4.08. The van der Waals surface area contributed by atoms with Crippen LogP contribution in [0.3, 0.4) is 0 Å². The van der Waals surface area contributed by atoms with Crippen molar-refractivity contribution in [1.29, 1.82) is 0 Å². The maximum atomic E-state index is 12.5. The lowest BCUT2D eigenvalue weighted by atomic mass is 10.2. The van der Waals surface area contributed by atoms with Crippen molar-refractivity contribution in [3.63, 3.8) is 0 Å². The second-order valence-corrected chi connectivity index (χ2v) is 4.56. The van der Waals surface area contributed by atoms with Crippen LogP contribution in [0, 0.1) is 6.92 Å². The molecule has 0 N–H and O–H groups in total. The summed E-state index contributed by atoms with van der Waals surface area (Å²) >= 11 is 0. The highest BCUT2D eigenvalue weighted by Crippen LogP contribution is 2.28. The SMILES string of the molecule is CCOc1ccccc1N(C)C(=O)c1cc(C)nn1C. The van der Waals surface area contributed by atoms with Crippen molar-refractivity contribution < 1.29 is 9.53 Å². The molecule has 0 saturated carbocycles. The number of aromatic nitrogens is 2. The molecule has 0 bridgehead atoms. The van der Waals surface area contributed by atoms with Crippen LogP contribution in [0.25, 0.3) is 0 Å². The van der Waals surface area contributed by atoms with Gasteiger partial charge in [0, 0.05) is 14.1 Å². The van der Waals surface area contributed by atoms with Gasteiger partial charge in [0.25, 0.3) is 5.91 Å². The molecule has 0 aliphatic carbocycles. The summed E-state index contributed by atoms with van der Waals surface area (Å²) in [5.74, 6) is 0.588. The van der Waals surface area contributed by atoms with E-state index in [4.69, 9.17) is 4.74 Å². The fraction of sp³-hybridized carbons (Fsp3) is 0.333. The van der Waals surface area contributed by atoms with Gasteiger partial charge in [0.2, 0.25) is 0 Å². The fourth-order valence-electron chi connectivity index (χ4n) is 2.10. The summed E-state index contributed by atoms with van der Waals surface area (Å²) in [6.45, 7) is 4.35. The van der Waals surface area contributed by atoms with E-state index in [2.05, 4.69) is 5.10 Å². The van der Waals surface area contributed by atoms with Crippen LogP contribution in [0.4, 0.5) is 5.69 Å². The number of carbonyl (C=O) groups is 1. The van der Waals surface area contributed by atoms with Gasteiger partial charge in [0.15, 0.2) is 0 Å². The van der Waals surface area contributed by atoms with Gasteiger partial charge in [-0.2, -0.15) is 5.10 Å². The number of amides is 1. The molecule has 1 aromatic heterocycles. The minimum atomic E-state index is -0.111. The first-order chi connectivity index (χ1) is 9.54. The first-order valence-corrected chi connectivity index (χ1v) is 6.55. The number of aryl methyl sites for hydroxylation is 2. The smallest absolute Gasteiger partial charge is 0.276 e. The maximum absolute atomic E-state index is 12.5. The molecule has 5 heteroatoms. The fourth-order valence-corrected chi connectivity index (χ4v) is 2.10. The Bertz CT molecular complexity index is 619. The van der Waals surface area contributed by atoms with Gasteiger partial charge < -0.3 is 9.64 Å².